The lowest BCUT2D eigenvalue weighted by atomic mass is 10.0. The summed E-state index contributed by atoms with van der Waals surface area (Å²) in [7, 11) is 1.35. The van der Waals surface area contributed by atoms with E-state index < -0.39 is 0 Å². The van der Waals surface area contributed by atoms with Crippen molar-refractivity contribution in [2.24, 2.45) is 5.92 Å². The summed E-state index contributed by atoms with van der Waals surface area (Å²) in [6.45, 7) is 6.62. The molecule has 0 aromatic carbocycles. The molecule has 0 fully saturated rings. The van der Waals surface area contributed by atoms with E-state index in [9.17, 15) is 4.79 Å². The van der Waals surface area contributed by atoms with Crippen LogP contribution in [0.5, 0.6) is 0 Å². The Morgan fingerprint density at radius 2 is 2.21 bits per heavy atom. The summed E-state index contributed by atoms with van der Waals surface area (Å²) in [5, 5.41) is 12.3. The van der Waals surface area contributed by atoms with E-state index in [1.165, 1.54) is 7.11 Å². The van der Waals surface area contributed by atoms with Gasteiger partial charge in [-0.2, -0.15) is 0 Å². The van der Waals surface area contributed by atoms with Gasteiger partial charge in [-0.25, -0.2) is 4.79 Å². The fraction of sp³-hybridized carbons (Fsp3) is 0.643. The van der Waals surface area contributed by atoms with Gasteiger partial charge in [0.1, 0.15) is 17.1 Å². The second-order valence-corrected chi connectivity index (χ2v) is 4.92. The van der Waals surface area contributed by atoms with Crippen molar-refractivity contribution in [3.05, 3.63) is 23.2 Å². The normalized spacial score (nSPS) is 12.7. The molecule has 1 aromatic heterocycles. The van der Waals surface area contributed by atoms with Crippen LogP contribution >= 0.6 is 0 Å². The van der Waals surface area contributed by atoms with E-state index >= 15 is 0 Å². The Morgan fingerprint density at radius 1 is 1.53 bits per heavy atom. The predicted octanol–water partition coefficient (Wildman–Crippen LogP) is 1.87. The number of aliphatic hydroxyl groups is 1. The molecule has 5 nitrogen and oxygen atoms in total. The maximum atomic E-state index is 11.5. The summed E-state index contributed by atoms with van der Waals surface area (Å²) in [6.07, 6.45) is 0.696. The van der Waals surface area contributed by atoms with Crippen LogP contribution in [-0.4, -0.2) is 30.8 Å². The van der Waals surface area contributed by atoms with Crippen molar-refractivity contribution < 1.29 is 19.1 Å². The van der Waals surface area contributed by atoms with Crippen LogP contribution in [0.1, 0.15) is 42.1 Å². The number of methoxy groups -OCH3 is 1. The minimum Gasteiger partial charge on any atom is -0.465 e. The molecule has 0 amide bonds. The fourth-order valence-corrected chi connectivity index (χ4v) is 1.99. The summed E-state index contributed by atoms with van der Waals surface area (Å²) < 4.78 is 10.2. The van der Waals surface area contributed by atoms with E-state index in [2.05, 4.69) is 23.9 Å². The Kier molecular flexibility index (Phi) is 6.05. The second kappa shape index (κ2) is 7.31. The van der Waals surface area contributed by atoms with Crippen LogP contribution in [0.25, 0.3) is 0 Å². The van der Waals surface area contributed by atoms with Gasteiger partial charge in [-0.05, 0) is 25.3 Å². The van der Waals surface area contributed by atoms with Crippen LogP contribution in [-0.2, 0) is 11.3 Å². The molecule has 0 radical (unpaired) electrons. The highest BCUT2D eigenvalue weighted by Crippen LogP contribution is 2.16. The van der Waals surface area contributed by atoms with Crippen molar-refractivity contribution in [3.8, 4) is 0 Å². The first-order valence-corrected chi connectivity index (χ1v) is 6.51. The molecule has 0 spiro atoms. The fourth-order valence-electron chi connectivity index (χ4n) is 1.99. The minimum absolute atomic E-state index is 0.153. The maximum Gasteiger partial charge on any atom is 0.341 e. The molecule has 108 valence electrons. The quantitative estimate of drug-likeness (QED) is 0.739. The van der Waals surface area contributed by atoms with Crippen LogP contribution in [0.2, 0.25) is 0 Å². The van der Waals surface area contributed by atoms with E-state index in [4.69, 9.17) is 9.52 Å². The molecule has 0 saturated heterocycles. The Balaban J connectivity index is 2.65. The number of esters is 1. The largest absolute Gasteiger partial charge is 0.465 e. The molecule has 2 N–H and O–H groups in total. The van der Waals surface area contributed by atoms with Gasteiger partial charge >= 0.3 is 5.97 Å². The Bertz CT molecular complexity index is 412. The van der Waals surface area contributed by atoms with E-state index in [-0.39, 0.29) is 18.6 Å². The number of hydrogen-bond donors (Lipinski definition) is 2. The van der Waals surface area contributed by atoms with E-state index in [1.807, 2.05) is 0 Å². The number of nitrogens with one attached hydrogen (secondary N) is 1. The van der Waals surface area contributed by atoms with Crippen molar-refractivity contribution in [2.75, 3.05) is 13.7 Å². The molecule has 1 atom stereocenters. The average molecular weight is 269 g/mol. The number of carbonyl (C=O) groups is 1. The predicted molar refractivity (Wildman–Crippen MR) is 72.0 cm³/mol. The lowest BCUT2D eigenvalue weighted by Gasteiger charge is -2.20. The SMILES string of the molecule is COC(=O)c1cc(CNC(CCO)C(C)C)oc1C. The van der Waals surface area contributed by atoms with Gasteiger partial charge in [0.05, 0.1) is 13.7 Å². The maximum absolute atomic E-state index is 11.5. The van der Waals surface area contributed by atoms with E-state index in [1.54, 1.807) is 13.0 Å². The van der Waals surface area contributed by atoms with Crippen LogP contribution < -0.4 is 5.32 Å². The number of carbonyl (C=O) groups excluding carboxylic acids is 1. The summed E-state index contributed by atoms with van der Waals surface area (Å²) in [5.41, 5.74) is 0.461. The molecule has 0 aliphatic heterocycles. The number of furan rings is 1. The highest BCUT2D eigenvalue weighted by Gasteiger charge is 2.17. The summed E-state index contributed by atoms with van der Waals surface area (Å²) in [6, 6.07) is 1.92. The third kappa shape index (κ3) is 4.36. The molecule has 1 rings (SSSR count). The first-order valence-electron chi connectivity index (χ1n) is 6.51. The summed E-state index contributed by atoms with van der Waals surface area (Å²) in [4.78, 5) is 11.5. The molecular formula is C14H23NO4. The average Bonchev–Trinajstić information content (AvgIpc) is 2.74. The van der Waals surface area contributed by atoms with Gasteiger partial charge in [0.15, 0.2) is 0 Å². The standard InChI is InChI=1S/C14H23NO4/c1-9(2)13(5-6-16)15-8-11-7-12(10(3)19-11)14(17)18-4/h7,9,13,15-16H,5-6,8H2,1-4H3. The van der Waals surface area contributed by atoms with Gasteiger partial charge in [-0.3, -0.25) is 0 Å². The first-order chi connectivity index (χ1) is 8.99. The number of aliphatic hydroxyl groups excluding tert-OH is 1. The lowest BCUT2D eigenvalue weighted by Crippen LogP contribution is -2.34. The molecular weight excluding hydrogens is 246 g/mol. The Labute approximate surface area is 113 Å². The number of ether oxygens (including phenoxy) is 1. The zero-order chi connectivity index (χ0) is 14.4. The van der Waals surface area contributed by atoms with Crippen LogP contribution in [0.3, 0.4) is 0 Å². The van der Waals surface area contributed by atoms with Gasteiger partial charge in [0, 0.05) is 12.6 Å². The number of aryl methyl sites for hydroxylation is 1. The van der Waals surface area contributed by atoms with Crippen LogP contribution in [0, 0.1) is 12.8 Å². The first kappa shape index (κ1) is 15.7. The zero-order valence-electron chi connectivity index (χ0n) is 12.0. The lowest BCUT2D eigenvalue weighted by molar-refractivity contribution is 0.0599. The Hall–Kier alpha value is -1.33. The monoisotopic (exact) mass is 269 g/mol. The molecule has 0 bridgehead atoms. The third-order valence-electron chi connectivity index (χ3n) is 3.16. The van der Waals surface area contributed by atoms with Gasteiger partial charge in [0.2, 0.25) is 0 Å². The van der Waals surface area contributed by atoms with Gasteiger partial charge < -0.3 is 19.6 Å². The highest BCUT2D eigenvalue weighted by molar-refractivity contribution is 5.90. The highest BCUT2D eigenvalue weighted by atomic mass is 16.5. The summed E-state index contributed by atoms with van der Waals surface area (Å²) in [5.74, 6) is 1.29. The molecule has 0 aliphatic rings. The van der Waals surface area contributed by atoms with Crippen molar-refractivity contribution in [3.63, 3.8) is 0 Å². The van der Waals surface area contributed by atoms with E-state index in [0.29, 0.717) is 36.0 Å². The van der Waals surface area contributed by atoms with Crippen LogP contribution in [0.4, 0.5) is 0 Å². The zero-order valence-corrected chi connectivity index (χ0v) is 12.0. The molecule has 0 saturated carbocycles. The van der Waals surface area contributed by atoms with E-state index in [0.717, 1.165) is 0 Å². The molecule has 0 aliphatic carbocycles. The molecule has 1 unspecified atom stereocenters. The summed E-state index contributed by atoms with van der Waals surface area (Å²) >= 11 is 0. The number of hydrogen-bond acceptors (Lipinski definition) is 5. The Morgan fingerprint density at radius 3 is 2.74 bits per heavy atom. The minimum atomic E-state index is -0.386. The van der Waals surface area contributed by atoms with Gasteiger partial charge in [0.25, 0.3) is 0 Å². The molecule has 19 heavy (non-hydrogen) atoms. The molecule has 5 heteroatoms. The number of rotatable bonds is 7. The smallest absolute Gasteiger partial charge is 0.341 e. The van der Waals surface area contributed by atoms with Gasteiger partial charge in [-0.1, -0.05) is 13.8 Å². The molecule has 1 heterocycles. The van der Waals surface area contributed by atoms with Crippen molar-refractivity contribution in [2.45, 2.75) is 39.8 Å². The van der Waals surface area contributed by atoms with Crippen molar-refractivity contribution >= 4 is 5.97 Å². The topological polar surface area (TPSA) is 71.7 Å². The van der Waals surface area contributed by atoms with Crippen molar-refractivity contribution in [1.82, 2.24) is 5.32 Å². The van der Waals surface area contributed by atoms with Gasteiger partial charge in [-0.15, -0.1) is 0 Å². The third-order valence-corrected chi connectivity index (χ3v) is 3.16. The second-order valence-electron chi connectivity index (χ2n) is 4.92. The van der Waals surface area contributed by atoms with Crippen LogP contribution in [0.15, 0.2) is 10.5 Å². The molecule has 1 aromatic rings. The van der Waals surface area contributed by atoms with Crippen molar-refractivity contribution in [1.29, 1.82) is 0 Å².